The molecule has 0 bridgehead atoms. The average molecular weight is 232 g/mol. The summed E-state index contributed by atoms with van der Waals surface area (Å²) >= 11 is 0. The largest absolute Gasteiger partial charge is 0.368 e. The first-order valence-electron chi connectivity index (χ1n) is 5.30. The first-order valence-corrected chi connectivity index (χ1v) is 5.30. The van der Waals surface area contributed by atoms with E-state index >= 15 is 0 Å². The molecule has 0 saturated carbocycles. The van der Waals surface area contributed by atoms with E-state index in [1.54, 1.807) is 24.4 Å². The number of amides is 1. The molecule has 2 atom stereocenters. The topological polar surface area (TPSA) is 55.4 Å². The van der Waals surface area contributed by atoms with Gasteiger partial charge >= 0.3 is 0 Å². The van der Waals surface area contributed by atoms with Crippen LogP contribution in [0.5, 0.6) is 0 Å². The molecule has 0 aliphatic carbocycles. The highest BCUT2D eigenvalue weighted by molar-refractivity contribution is 5.87. The predicted octanol–water partition coefficient (Wildman–Crippen LogP) is 1.58. The van der Waals surface area contributed by atoms with Gasteiger partial charge in [-0.3, -0.25) is 9.79 Å². The quantitative estimate of drug-likeness (QED) is 0.826. The lowest BCUT2D eigenvalue weighted by atomic mass is 9.74. The zero-order chi connectivity index (χ0) is 12.5. The number of carbonyl (C=O) groups is 1. The summed E-state index contributed by atoms with van der Waals surface area (Å²) in [5.74, 6) is -0.798. The van der Waals surface area contributed by atoms with Crippen molar-refractivity contribution in [1.82, 2.24) is 0 Å². The Morgan fingerprint density at radius 2 is 2.06 bits per heavy atom. The molecule has 4 heteroatoms. The molecule has 1 amide bonds. The van der Waals surface area contributed by atoms with Gasteiger partial charge in [0, 0.05) is 11.6 Å². The van der Waals surface area contributed by atoms with Crippen LogP contribution in [0.2, 0.25) is 0 Å². The van der Waals surface area contributed by atoms with Gasteiger partial charge in [-0.2, -0.15) is 0 Å². The lowest BCUT2D eigenvalue weighted by molar-refractivity contribution is -0.120. The van der Waals surface area contributed by atoms with Gasteiger partial charge in [0.1, 0.15) is 11.9 Å². The number of carbonyl (C=O) groups excluding carboxylic acids is 1. The number of rotatable bonds is 2. The van der Waals surface area contributed by atoms with Crippen LogP contribution < -0.4 is 5.73 Å². The normalized spacial score (nSPS) is 27.1. The fourth-order valence-corrected chi connectivity index (χ4v) is 2.06. The highest BCUT2D eigenvalue weighted by Gasteiger charge is 2.38. The molecule has 0 fully saturated rings. The van der Waals surface area contributed by atoms with Crippen LogP contribution in [0, 0.1) is 5.82 Å². The van der Waals surface area contributed by atoms with Crippen molar-refractivity contribution >= 4 is 12.1 Å². The van der Waals surface area contributed by atoms with Crippen LogP contribution in [0.4, 0.5) is 4.39 Å². The summed E-state index contributed by atoms with van der Waals surface area (Å²) in [6, 6.07) is 5.38. The smallest absolute Gasteiger partial charge is 0.243 e. The number of halogens is 1. The standard InChI is InChI=1S/C13H13FN2O/c1-13(9-3-5-10(14)6-4-9)7-2-8-16-11(13)12(15)17/h2-8,11H,1H3,(H2,15,17). The summed E-state index contributed by atoms with van der Waals surface area (Å²) in [6.07, 6.45) is 5.19. The van der Waals surface area contributed by atoms with Gasteiger partial charge in [0.25, 0.3) is 0 Å². The molecule has 3 nitrogen and oxygen atoms in total. The second-order valence-corrected chi connectivity index (χ2v) is 4.25. The van der Waals surface area contributed by atoms with Crippen LogP contribution in [0.15, 0.2) is 41.4 Å². The van der Waals surface area contributed by atoms with E-state index in [0.717, 1.165) is 5.56 Å². The number of benzene rings is 1. The van der Waals surface area contributed by atoms with Gasteiger partial charge in [0.15, 0.2) is 0 Å². The van der Waals surface area contributed by atoms with Crippen molar-refractivity contribution in [2.45, 2.75) is 18.4 Å². The fourth-order valence-electron chi connectivity index (χ4n) is 2.06. The van der Waals surface area contributed by atoms with Crippen molar-refractivity contribution in [2.75, 3.05) is 0 Å². The Labute approximate surface area is 98.9 Å². The highest BCUT2D eigenvalue weighted by Crippen LogP contribution is 2.33. The van der Waals surface area contributed by atoms with Crippen LogP contribution in [0.3, 0.4) is 0 Å². The van der Waals surface area contributed by atoms with Crippen molar-refractivity contribution in [3.05, 3.63) is 47.8 Å². The van der Waals surface area contributed by atoms with E-state index in [1.165, 1.54) is 12.1 Å². The lowest BCUT2D eigenvalue weighted by Crippen LogP contribution is -2.44. The Hall–Kier alpha value is -1.97. The van der Waals surface area contributed by atoms with Crippen molar-refractivity contribution in [3.63, 3.8) is 0 Å². The van der Waals surface area contributed by atoms with Crippen LogP contribution in [0.1, 0.15) is 12.5 Å². The van der Waals surface area contributed by atoms with Crippen molar-refractivity contribution in [1.29, 1.82) is 0 Å². The van der Waals surface area contributed by atoms with Gasteiger partial charge in [0.05, 0.1) is 0 Å². The molecule has 17 heavy (non-hydrogen) atoms. The molecule has 0 radical (unpaired) electrons. The SMILES string of the molecule is CC1(c2ccc(F)cc2)C=CC=NC1C(N)=O. The summed E-state index contributed by atoms with van der Waals surface area (Å²) in [6.45, 7) is 1.86. The second kappa shape index (κ2) is 4.13. The van der Waals surface area contributed by atoms with E-state index in [9.17, 15) is 9.18 Å². The molecule has 1 aliphatic heterocycles. The van der Waals surface area contributed by atoms with Crippen molar-refractivity contribution in [2.24, 2.45) is 10.7 Å². The molecular formula is C13H13FN2O. The molecule has 2 rings (SSSR count). The zero-order valence-corrected chi connectivity index (χ0v) is 9.43. The summed E-state index contributed by atoms with van der Waals surface area (Å²) in [7, 11) is 0. The number of hydrogen-bond donors (Lipinski definition) is 1. The van der Waals surface area contributed by atoms with Gasteiger partial charge in [-0.1, -0.05) is 18.2 Å². The highest BCUT2D eigenvalue weighted by atomic mass is 19.1. The number of primary amides is 1. The first-order chi connectivity index (χ1) is 8.04. The molecular weight excluding hydrogens is 219 g/mol. The predicted molar refractivity (Wildman–Crippen MR) is 64.4 cm³/mol. The van der Waals surface area contributed by atoms with Crippen LogP contribution >= 0.6 is 0 Å². The molecule has 2 unspecified atom stereocenters. The molecule has 0 aromatic heterocycles. The summed E-state index contributed by atoms with van der Waals surface area (Å²) in [5.41, 5.74) is 5.55. The fraction of sp³-hybridized carbons (Fsp3) is 0.231. The number of aliphatic imine (C=N–C) groups is 1. The molecule has 0 saturated heterocycles. The molecule has 1 aromatic carbocycles. The third-order valence-electron chi connectivity index (χ3n) is 3.07. The summed E-state index contributed by atoms with van der Waals surface area (Å²) in [5, 5.41) is 0. The minimum atomic E-state index is -0.655. The maximum Gasteiger partial charge on any atom is 0.243 e. The van der Waals surface area contributed by atoms with Crippen molar-refractivity contribution in [3.8, 4) is 0 Å². The van der Waals surface area contributed by atoms with E-state index in [0.29, 0.717) is 0 Å². The Balaban J connectivity index is 2.46. The van der Waals surface area contributed by atoms with Crippen molar-refractivity contribution < 1.29 is 9.18 Å². The molecule has 1 heterocycles. The van der Waals surface area contributed by atoms with E-state index < -0.39 is 17.4 Å². The second-order valence-electron chi connectivity index (χ2n) is 4.25. The third-order valence-corrected chi connectivity index (χ3v) is 3.07. The zero-order valence-electron chi connectivity index (χ0n) is 9.43. The Bertz CT molecular complexity index is 493. The Morgan fingerprint density at radius 3 is 2.65 bits per heavy atom. The van der Waals surface area contributed by atoms with E-state index in [4.69, 9.17) is 5.73 Å². The molecule has 88 valence electrons. The molecule has 2 N–H and O–H groups in total. The minimum Gasteiger partial charge on any atom is -0.368 e. The third kappa shape index (κ3) is 1.98. The number of hydrogen-bond acceptors (Lipinski definition) is 2. The van der Waals surface area contributed by atoms with Gasteiger partial charge < -0.3 is 5.73 Å². The van der Waals surface area contributed by atoms with Gasteiger partial charge in [0.2, 0.25) is 5.91 Å². The monoisotopic (exact) mass is 232 g/mol. The Morgan fingerprint density at radius 1 is 1.41 bits per heavy atom. The molecule has 1 aromatic rings. The van der Waals surface area contributed by atoms with Crippen LogP contribution in [-0.2, 0) is 10.2 Å². The lowest BCUT2D eigenvalue weighted by Gasteiger charge is -2.32. The van der Waals surface area contributed by atoms with E-state index in [2.05, 4.69) is 4.99 Å². The average Bonchev–Trinajstić information content (AvgIpc) is 2.29. The number of nitrogens with two attached hydrogens (primary N) is 1. The molecule has 0 spiro atoms. The number of dihydropyridines is 1. The van der Waals surface area contributed by atoms with E-state index in [1.807, 2.05) is 13.0 Å². The number of allylic oxidation sites excluding steroid dienone is 1. The van der Waals surface area contributed by atoms with Crippen LogP contribution in [-0.4, -0.2) is 18.2 Å². The Kier molecular flexibility index (Phi) is 2.79. The maximum absolute atomic E-state index is 12.9. The summed E-state index contributed by atoms with van der Waals surface area (Å²) < 4.78 is 12.9. The summed E-state index contributed by atoms with van der Waals surface area (Å²) in [4.78, 5) is 15.5. The maximum atomic E-state index is 12.9. The van der Waals surface area contributed by atoms with Crippen LogP contribution in [0.25, 0.3) is 0 Å². The van der Waals surface area contributed by atoms with Gasteiger partial charge in [-0.05, 0) is 30.7 Å². The molecule has 1 aliphatic rings. The van der Waals surface area contributed by atoms with Gasteiger partial charge in [-0.15, -0.1) is 0 Å². The number of nitrogens with zero attached hydrogens (tertiary/aromatic N) is 1. The minimum absolute atomic E-state index is 0.309. The van der Waals surface area contributed by atoms with E-state index in [-0.39, 0.29) is 5.82 Å². The first kappa shape index (κ1) is 11.5. The van der Waals surface area contributed by atoms with Gasteiger partial charge in [-0.25, -0.2) is 4.39 Å².